The summed E-state index contributed by atoms with van der Waals surface area (Å²) < 4.78 is 2.62. The molecule has 1 atom stereocenters. The number of thiophene rings is 1. The van der Waals surface area contributed by atoms with Crippen LogP contribution in [-0.4, -0.2) is 9.97 Å². The predicted molar refractivity (Wildman–Crippen MR) is 240 cm³/mol. The maximum atomic E-state index is 5.28. The Balaban J connectivity index is 1.04. The number of benzene rings is 8. The van der Waals surface area contributed by atoms with Crippen LogP contribution in [0.25, 0.3) is 87.5 Å². The van der Waals surface area contributed by atoms with Crippen LogP contribution in [0.4, 0.5) is 0 Å². The lowest BCUT2D eigenvalue weighted by molar-refractivity contribution is 0.714. The fourth-order valence-electron chi connectivity index (χ4n) is 8.99. The first-order chi connectivity index (χ1) is 28.1. The molecule has 0 bridgehead atoms. The molecule has 2 aromatic heterocycles. The minimum atomic E-state index is -0.283. The highest BCUT2D eigenvalue weighted by molar-refractivity contribution is 7.25. The number of hydrogen-bond donors (Lipinski definition) is 0. The lowest BCUT2D eigenvalue weighted by Gasteiger charge is -2.28. The van der Waals surface area contributed by atoms with Gasteiger partial charge in [0.25, 0.3) is 0 Å². The van der Waals surface area contributed by atoms with Crippen molar-refractivity contribution in [2.45, 2.75) is 12.3 Å². The highest BCUT2D eigenvalue weighted by Crippen LogP contribution is 2.53. The number of nitrogens with zero attached hydrogens (tertiary/aromatic N) is 2. The molecule has 1 aliphatic rings. The maximum Gasteiger partial charge on any atom is 0.160 e. The third-order valence-electron chi connectivity index (χ3n) is 11.8. The van der Waals surface area contributed by atoms with E-state index in [2.05, 4.69) is 201 Å². The predicted octanol–water partition coefficient (Wildman–Crippen LogP) is 14.5. The Kier molecular flexibility index (Phi) is 7.84. The van der Waals surface area contributed by atoms with Gasteiger partial charge < -0.3 is 0 Å². The fourth-order valence-corrected chi connectivity index (χ4v) is 10.1. The van der Waals surface area contributed by atoms with E-state index < -0.39 is 0 Å². The molecule has 10 aromatic rings. The van der Waals surface area contributed by atoms with E-state index in [4.69, 9.17) is 9.97 Å². The van der Waals surface area contributed by atoms with E-state index in [0.717, 1.165) is 33.6 Å². The van der Waals surface area contributed by atoms with Gasteiger partial charge in [0.1, 0.15) is 0 Å². The van der Waals surface area contributed by atoms with Gasteiger partial charge in [0.2, 0.25) is 0 Å². The third-order valence-corrected chi connectivity index (χ3v) is 13.0. The topological polar surface area (TPSA) is 25.8 Å². The second-order valence-electron chi connectivity index (χ2n) is 15.0. The van der Waals surface area contributed by atoms with Gasteiger partial charge in [-0.1, -0.05) is 176 Å². The van der Waals surface area contributed by atoms with Gasteiger partial charge >= 0.3 is 0 Å². The average Bonchev–Trinajstić information content (AvgIpc) is 3.80. The van der Waals surface area contributed by atoms with E-state index in [9.17, 15) is 0 Å². The van der Waals surface area contributed by atoms with Crippen molar-refractivity contribution in [3.05, 3.63) is 217 Å². The largest absolute Gasteiger partial charge is 0.228 e. The number of rotatable bonds is 6. The van der Waals surface area contributed by atoms with Crippen molar-refractivity contribution in [3.8, 4) is 67.3 Å². The molecule has 0 radical (unpaired) electrons. The molecule has 0 fully saturated rings. The summed E-state index contributed by atoms with van der Waals surface area (Å²) in [5, 5.41) is 2.62. The summed E-state index contributed by atoms with van der Waals surface area (Å²) in [7, 11) is 0. The third kappa shape index (κ3) is 5.46. The smallest absolute Gasteiger partial charge is 0.160 e. The number of hydrogen-bond acceptors (Lipinski definition) is 3. The molecule has 1 unspecified atom stereocenters. The summed E-state index contributed by atoms with van der Waals surface area (Å²) in [4.78, 5) is 10.5. The summed E-state index contributed by atoms with van der Waals surface area (Å²) >= 11 is 1.85. The first kappa shape index (κ1) is 33.4. The second-order valence-corrected chi connectivity index (χ2v) is 16.1. The Morgan fingerprint density at radius 2 is 0.982 bits per heavy atom. The van der Waals surface area contributed by atoms with Crippen LogP contribution in [0.15, 0.2) is 200 Å². The molecule has 3 heteroatoms. The van der Waals surface area contributed by atoms with Crippen molar-refractivity contribution in [2.24, 2.45) is 0 Å². The van der Waals surface area contributed by atoms with Crippen LogP contribution in [0.2, 0.25) is 0 Å². The molecule has 0 amide bonds. The highest BCUT2D eigenvalue weighted by Gasteiger charge is 2.40. The van der Waals surface area contributed by atoms with Crippen molar-refractivity contribution in [1.29, 1.82) is 0 Å². The summed E-state index contributed by atoms with van der Waals surface area (Å²) in [5.41, 5.74) is 15.9. The molecule has 1 aliphatic carbocycles. The van der Waals surface area contributed by atoms with Crippen molar-refractivity contribution in [1.82, 2.24) is 9.97 Å². The van der Waals surface area contributed by atoms with E-state index >= 15 is 0 Å². The molecule has 2 nitrogen and oxygen atoms in total. The van der Waals surface area contributed by atoms with E-state index in [1.54, 1.807) is 0 Å². The zero-order chi connectivity index (χ0) is 37.9. The van der Waals surface area contributed by atoms with Crippen molar-refractivity contribution >= 4 is 31.5 Å². The first-order valence-electron chi connectivity index (χ1n) is 19.5. The summed E-state index contributed by atoms with van der Waals surface area (Å²) in [6.07, 6.45) is 0. The van der Waals surface area contributed by atoms with Crippen molar-refractivity contribution in [2.75, 3.05) is 0 Å². The van der Waals surface area contributed by atoms with Crippen LogP contribution in [0.3, 0.4) is 0 Å². The molecule has 57 heavy (non-hydrogen) atoms. The highest BCUT2D eigenvalue weighted by atomic mass is 32.1. The normalized spacial score (nSPS) is 14.5. The van der Waals surface area contributed by atoms with E-state index in [1.165, 1.54) is 64.7 Å². The summed E-state index contributed by atoms with van der Waals surface area (Å²) in [5.74, 6) is 0.706. The summed E-state index contributed by atoms with van der Waals surface area (Å²) in [6, 6.07) is 72.2. The monoisotopic (exact) mass is 744 g/mol. The molecule has 8 aromatic carbocycles. The summed E-state index contributed by atoms with van der Waals surface area (Å²) in [6.45, 7) is 2.37. The molecule has 0 aliphatic heterocycles. The van der Waals surface area contributed by atoms with Crippen LogP contribution in [-0.2, 0) is 5.41 Å². The second kappa shape index (κ2) is 13.4. The van der Waals surface area contributed by atoms with Gasteiger partial charge in [-0.25, -0.2) is 9.97 Å². The van der Waals surface area contributed by atoms with Gasteiger partial charge in [-0.05, 0) is 81.3 Å². The molecule has 0 saturated heterocycles. The fraction of sp³-hybridized carbons (Fsp3) is 0.0370. The Labute approximate surface area is 336 Å². The van der Waals surface area contributed by atoms with Gasteiger partial charge in [0, 0.05) is 42.3 Å². The SMILES string of the molecule is CC1(c2ccccc2)c2ccccc2-c2ccc(-c3ccccc3-c3cc(-c4ccc(-c5cccc6sc7ccccc7c56)cc4)nc(-c4ccccc4)n3)cc21. The minimum absolute atomic E-state index is 0.283. The molecular formula is C54H36N2S. The molecule has 2 heterocycles. The molecule has 0 saturated carbocycles. The zero-order valence-corrected chi connectivity index (χ0v) is 32.2. The Morgan fingerprint density at radius 3 is 1.81 bits per heavy atom. The average molecular weight is 745 g/mol. The Bertz CT molecular complexity index is 3130. The first-order valence-corrected chi connectivity index (χ1v) is 20.3. The van der Waals surface area contributed by atoms with Gasteiger partial charge in [-0.3, -0.25) is 0 Å². The van der Waals surface area contributed by atoms with E-state index in [1.807, 2.05) is 17.4 Å². The molecular weight excluding hydrogens is 709 g/mol. The quantitative estimate of drug-likeness (QED) is 0.169. The molecule has 268 valence electrons. The van der Waals surface area contributed by atoms with Gasteiger partial charge in [0.15, 0.2) is 5.82 Å². The van der Waals surface area contributed by atoms with Gasteiger partial charge in [-0.2, -0.15) is 0 Å². The lowest BCUT2D eigenvalue weighted by atomic mass is 9.74. The van der Waals surface area contributed by atoms with Crippen LogP contribution in [0, 0.1) is 0 Å². The van der Waals surface area contributed by atoms with Gasteiger partial charge in [0.05, 0.1) is 11.4 Å². The van der Waals surface area contributed by atoms with Crippen LogP contribution in [0.1, 0.15) is 23.6 Å². The Hall–Kier alpha value is -6.94. The molecule has 0 spiro atoms. The van der Waals surface area contributed by atoms with Crippen molar-refractivity contribution < 1.29 is 0 Å². The molecule has 11 rings (SSSR count). The van der Waals surface area contributed by atoms with E-state index in [-0.39, 0.29) is 5.41 Å². The van der Waals surface area contributed by atoms with Crippen LogP contribution < -0.4 is 0 Å². The van der Waals surface area contributed by atoms with Crippen LogP contribution >= 0.6 is 11.3 Å². The number of aromatic nitrogens is 2. The zero-order valence-electron chi connectivity index (χ0n) is 31.4. The van der Waals surface area contributed by atoms with Crippen molar-refractivity contribution in [3.63, 3.8) is 0 Å². The molecule has 0 N–H and O–H groups in total. The number of fused-ring (bicyclic) bond motifs is 6. The maximum absolute atomic E-state index is 5.28. The lowest BCUT2D eigenvalue weighted by Crippen LogP contribution is -2.22. The van der Waals surface area contributed by atoms with E-state index in [0.29, 0.717) is 5.82 Å². The van der Waals surface area contributed by atoms with Crippen LogP contribution in [0.5, 0.6) is 0 Å². The minimum Gasteiger partial charge on any atom is -0.228 e. The Morgan fingerprint density at radius 1 is 0.386 bits per heavy atom. The van der Waals surface area contributed by atoms with Gasteiger partial charge in [-0.15, -0.1) is 11.3 Å². The standard InChI is InChI=1S/C54H36N2S/c1-54(39-17-6-3-7-18-39)46-24-12-10-20-42(46)43-32-31-38(33-47(43)54)40-19-8-9-21-44(40)49-34-48(55-53(56-49)37-15-4-2-5-16-37)36-29-27-35(28-30-36)41-23-14-26-51-52(41)45-22-11-13-25-50(45)57-51/h2-34H,1H3.